The maximum Gasteiger partial charge on any atom is 0.251 e. The molecule has 1 N–H and O–H groups in total. The second-order valence-electron chi connectivity index (χ2n) is 7.07. The molecule has 1 atom stereocenters. The Labute approximate surface area is 171 Å². The third kappa shape index (κ3) is 5.50. The Bertz CT molecular complexity index is 838. The van der Waals surface area contributed by atoms with Crippen LogP contribution in [0.3, 0.4) is 0 Å². The lowest BCUT2D eigenvalue weighted by atomic mass is 10.1. The molecular weight excluding hydrogens is 368 g/mol. The molecule has 6 heteroatoms. The van der Waals surface area contributed by atoms with Gasteiger partial charge in [-0.1, -0.05) is 30.3 Å². The van der Waals surface area contributed by atoms with Crippen molar-refractivity contribution in [3.63, 3.8) is 0 Å². The van der Waals surface area contributed by atoms with Crippen molar-refractivity contribution in [3.05, 3.63) is 59.7 Å². The summed E-state index contributed by atoms with van der Waals surface area (Å²) in [5.74, 6) is 1.26. The van der Waals surface area contributed by atoms with E-state index in [9.17, 15) is 9.59 Å². The first-order chi connectivity index (χ1) is 14.1. The Hall–Kier alpha value is -3.02. The monoisotopic (exact) mass is 396 g/mol. The summed E-state index contributed by atoms with van der Waals surface area (Å²) in [6, 6.07) is 15.1. The first-order valence-corrected chi connectivity index (χ1v) is 10.1. The van der Waals surface area contributed by atoms with Gasteiger partial charge in [0.15, 0.2) is 11.5 Å². The fourth-order valence-electron chi connectivity index (χ4n) is 3.48. The van der Waals surface area contributed by atoms with E-state index in [1.54, 1.807) is 18.2 Å². The smallest absolute Gasteiger partial charge is 0.251 e. The zero-order valence-corrected chi connectivity index (χ0v) is 17.0. The zero-order chi connectivity index (χ0) is 20.6. The molecule has 1 aliphatic heterocycles. The van der Waals surface area contributed by atoms with Crippen molar-refractivity contribution in [1.29, 1.82) is 0 Å². The molecule has 29 heavy (non-hydrogen) atoms. The molecule has 0 aromatic heterocycles. The van der Waals surface area contributed by atoms with Gasteiger partial charge in [-0.3, -0.25) is 9.59 Å². The first kappa shape index (κ1) is 20.7. The number of benzene rings is 2. The average Bonchev–Trinajstić information content (AvgIpc) is 3.08. The molecule has 1 heterocycles. The number of nitrogens with zero attached hydrogens (tertiary/aromatic N) is 1. The van der Waals surface area contributed by atoms with Crippen LogP contribution >= 0.6 is 0 Å². The highest BCUT2D eigenvalue weighted by Gasteiger charge is 2.29. The van der Waals surface area contributed by atoms with Gasteiger partial charge in [0.25, 0.3) is 5.91 Å². The van der Waals surface area contributed by atoms with Crippen molar-refractivity contribution in [2.75, 3.05) is 26.3 Å². The molecule has 1 unspecified atom stereocenters. The molecule has 1 fully saturated rings. The summed E-state index contributed by atoms with van der Waals surface area (Å²) in [6.45, 7) is 6.55. The maximum atomic E-state index is 12.6. The van der Waals surface area contributed by atoms with E-state index in [4.69, 9.17) is 9.47 Å². The lowest BCUT2D eigenvalue weighted by Crippen LogP contribution is -2.31. The van der Waals surface area contributed by atoms with E-state index in [0.29, 0.717) is 56.3 Å². The molecule has 154 valence electrons. The van der Waals surface area contributed by atoms with Crippen LogP contribution in [0.25, 0.3) is 0 Å². The first-order valence-electron chi connectivity index (χ1n) is 10.1. The minimum atomic E-state index is -0.178. The van der Waals surface area contributed by atoms with Crippen LogP contribution < -0.4 is 14.8 Å². The summed E-state index contributed by atoms with van der Waals surface area (Å²) >= 11 is 0. The number of rotatable bonds is 9. The van der Waals surface area contributed by atoms with Crippen molar-refractivity contribution in [3.8, 4) is 11.5 Å². The molecular formula is C23H28N2O4. The molecule has 2 aromatic rings. The van der Waals surface area contributed by atoms with E-state index >= 15 is 0 Å². The number of ether oxygens (including phenoxy) is 2. The molecule has 2 amide bonds. The highest BCUT2D eigenvalue weighted by molar-refractivity contribution is 5.95. The molecule has 0 radical (unpaired) electrons. The number of nitrogens with one attached hydrogen (secondary N) is 1. The third-order valence-electron chi connectivity index (χ3n) is 4.87. The molecule has 0 aliphatic carbocycles. The zero-order valence-electron chi connectivity index (χ0n) is 17.0. The van der Waals surface area contributed by atoms with Gasteiger partial charge in [-0.25, -0.2) is 0 Å². The van der Waals surface area contributed by atoms with Gasteiger partial charge in [0.1, 0.15) is 0 Å². The van der Waals surface area contributed by atoms with Gasteiger partial charge >= 0.3 is 0 Å². The number of hydrogen-bond acceptors (Lipinski definition) is 4. The van der Waals surface area contributed by atoms with E-state index in [1.807, 2.05) is 49.1 Å². The summed E-state index contributed by atoms with van der Waals surface area (Å²) in [5, 5.41) is 2.95. The molecule has 2 aromatic carbocycles. The lowest BCUT2D eigenvalue weighted by Gasteiger charge is -2.17. The molecule has 0 bridgehead atoms. The van der Waals surface area contributed by atoms with Crippen molar-refractivity contribution < 1.29 is 19.1 Å². The van der Waals surface area contributed by atoms with Gasteiger partial charge in [0.2, 0.25) is 5.91 Å². The average molecular weight is 396 g/mol. The predicted molar refractivity (Wildman–Crippen MR) is 111 cm³/mol. The summed E-state index contributed by atoms with van der Waals surface area (Å²) in [5.41, 5.74) is 1.63. The largest absolute Gasteiger partial charge is 0.490 e. The molecule has 1 saturated heterocycles. The predicted octanol–water partition coefficient (Wildman–Crippen LogP) is 3.26. The van der Waals surface area contributed by atoms with Crippen LogP contribution in [0.4, 0.5) is 0 Å². The quantitative estimate of drug-likeness (QED) is 0.706. The highest BCUT2D eigenvalue weighted by Crippen LogP contribution is 2.28. The van der Waals surface area contributed by atoms with Gasteiger partial charge in [-0.2, -0.15) is 0 Å². The number of carbonyl (C=O) groups excluding carboxylic acids is 2. The van der Waals surface area contributed by atoms with E-state index < -0.39 is 0 Å². The van der Waals surface area contributed by atoms with Gasteiger partial charge in [0.05, 0.1) is 13.2 Å². The maximum absolute atomic E-state index is 12.6. The Morgan fingerprint density at radius 1 is 1.07 bits per heavy atom. The van der Waals surface area contributed by atoms with E-state index in [-0.39, 0.29) is 17.7 Å². The normalized spacial score (nSPS) is 16.0. The van der Waals surface area contributed by atoms with Crippen LogP contribution in [0.15, 0.2) is 48.5 Å². The SMILES string of the molecule is CCOc1ccc(C(=O)NCC2CC(=O)N(Cc3ccccc3)C2)cc1OCC. The van der Waals surface area contributed by atoms with Gasteiger partial charge in [0, 0.05) is 37.5 Å². The summed E-state index contributed by atoms with van der Waals surface area (Å²) < 4.78 is 11.1. The van der Waals surface area contributed by atoms with Gasteiger partial charge in [-0.05, 0) is 37.6 Å². The van der Waals surface area contributed by atoms with E-state index in [1.165, 1.54) is 0 Å². The van der Waals surface area contributed by atoms with Crippen molar-refractivity contribution in [2.24, 2.45) is 5.92 Å². The fourth-order valence-corrected chi connectivity index (χ4v) is 3.48. The highest BCUT2D eigenvalue weighted by atomic mass is 16.5. The standard InChI is InChI=1S/C23H28N2O4/c1-3-28-20-11-10-19(13-21(20)29-4-2)23(27)24-14-18-12-22(26)25(16-18)15-17-8-6-5-7-9-17/h5-11,13,18H,3-4,12,14-16H2,1-2H3,(H,24,27). The number of amides is 2. The second kappa shape index (κ2) is 9.96. The van der Waals surface area contributed by atoms with Crippen LogP contribution in [0.1, 0.15) is 36.2 Å². The van der Waals surface area contributed by atoms with Crippen LogP contribution in [0, 0.1) is 5.92 Å². The fraction of sp³-hybridized carbons (Fsp3) is 0.391. The Kier molecular flexibility index (Phi) is 7.11. The molecule has 0 saturated carbocycles. The van der Waals surface area contributed by atoms with E-state index in [0.717, 1.165) is 5.56 Å². The van der Waals surface area contributed by atoms with Crippen molar-refractivity contribution >= 4 is 11.8 Å². The lowest BCUT2D eigenvalue weighted by molar-refractivity contribution is -0.128. The van der Waals surface area contributed by atoms with Crippen molar-refractivity contribution in [1.82, 2.24) is 10.2 Å². The third-order valence-corrected chi connectivity index (χ3v) is 4.87. The Balaban J connectivity index is 1.55. The minimum absolute atomic E-state index is 0.115. The van der Waals surface area contributed by atoms with Gasteiger partial charge in [-0.15, -0.1) is 0 Å². The molecule has 1 aliphatic rings. The van der Waals surface area contributed by atoms with Crippen LogP contribution in [-0.2, 0) is 11.3 Å². The summed E-state index contributed by atoms with van der Waals surface area (Å²) in [4.78, 5) is 26.7. The molecule has 6 nitrogen and oxygen atoms in total. The Morgan fingerprint density at radius 3 is 2.52 bits per heavy atom. The second-order valence-corrected chi connectivity index (χ2v) is 7.07. The molecule has 3 rings (SSSR count). The van der Waals surface area contributed by atoms with Crippen LogP contribution in [0.2, 0.25) is 0 Å². The summed E-state index contributed by atoms with van der Waals surface area (Å²) in [6.07, 6.45) is 0.459. The summed E-state index contributed by atoms with van der Waals surface area (Å²) in [7, 11) is 0. The van der Waals surface area contributed by atoms with Gasteiger partial charge < -0.3 is 19.7 Å². The topological polar surface area (TPSA) is 67.9 Å². The number of hydrogen-bond donors (Lipinski definition) is 1. The van der Waals surface area contributed by atoms with Crippen LogP contribution in [-0.4, -0.2) is 43.0 Å². The number of carbonyl (C=O) groups is 2. The van der Waals surface area contributed by atoms with E-state index in [2.05, 4.69) is 5.32 Å². The molecule has 0 spiro atoms. The number of likely N-dealkylation sites (tertiary alicyclic amines) is 1. The Morgan fingerprint density at radius 2 is 1.79 bits per heavy atom. The minimum Gasteiger partial charge on any atom is -0.490 e. The van der Waals surface area contributed by atoms with Crippen molar-refractivity contribution in [2.45, 2.75) is 26.8 Å². The van der Waals surface area contributed by atoms with Crippen LogP contribution in [0.5, 0.6) is 11.5 Å².